The number of nitrogens with zero attached hydrogens (tertiary/aromatic N) is 4. The molecule has 1 unspecified atom stereocenters. The summed E-state index contributed by atoms with van der Waals surface area (Å²) in [5.41, 5.74) is 1.23. The molecule has 4 aromatic rings. The summed E-state index contributed by atoms with van der Waals surface area (Å²) in [4.78, 5) is 75.7. The van der Waals surface area contributed by atoms with Crippen LogP contribution >= 0.6 is 11.6 Å². The van der Waals surface area contributed by atoms with Crippen LogP contribution in [0, 0.1) is 16.6 Å². The molecular weight excluding hydrogens is 932 g/mol. The molecule has 0 saturated carbocycles. The van der Waals surface area contributed by atoms with Crippen LogP contribution in [0.5, 0.6) is 5.75 Å². The van der Waals surface area contributed by atoms with E-state index in [9.17, 15) is 37.1 Å². The highest BCUT2D eigenvalue weighted by atomic mass is 35.5. The maximum absolute atomic E-state index is 16.3. The zero-order valence-electron chi connectivity index (χ0n) is 39.1. The Morgan fingerprint density at radius 3 is 2.46 bits per heavy atom. The summed E-state index contributed by atoms with van der Waals surface area (Å²) in [5.74, 6) is -3.22. The first-order valence-electron chi connectivity index (χ1n) is 23.5. The largest absolute Gasteiger partial charge is 0.495 e. The van der Waals surface area contributed by atoms with Gasteiger partial charge in [-0.15, -0.1) is 0 Å². The molecule has 0 radical (unpaired) electrons. The van der Waals surface area contributed by atoms with Crippen molar-refractivity contribution in [1.82, 2.24) is 25.4 Å². The topological polar surface area (TPSA) is 165 Å². The fraction of sp³-hybridized carbons (Fsp3) is 0.451. The zero-order valence-corrected chi connectivity index (χ0v) is 39.8. The van der Waals surface area contributed by atoms with Crippen molar-refractivity contribution in [1.29, 1.82) is 0 Å². The van der Waals surface area contributed by atoms with Gasteiger partial charge in [0.15, 0.2) is 0 Å². The first-order chi connectivity index (χ1) is 33.2. The van der Waals surface area contributed by atoms with E-state index in [1.54, 1.807) is 35.2 Å². The Hall–Kier alpha value is -6.27. The lowest BCUT2D eigenvalue weighted by Gasteiger charge is -2.55. The zero-order chi connectivity index (χ0) is 49.7. The summed E-state index contributed by atoms with van der Waals surface area (Å²) in [6.45, 7) is 9.07. The number of benzene rings is 3. The number of hydrogen-bond acceptors (Lipinski definition) is 10. The standard InChI is InChI=1S/C51H53ClF4N8O6/c1-48(2,3)21-39-50(24-58-35-20-38(51(54,55)56)57-22-32(35)50)41(31-6-5-7-33(52)42(31)53)43(60-39)45(67)59-34-11-8-27(19-37(34)70-4)46(68)62-16-14-49(15-17-62)25-63(26-49)29-9-10-30-28(18-29)23-64(47(30)69)36-12-13-40(65)61-44(36)66/h5-11,18-20,22,36,39,41,43,58,60H,12-17,21,23-26H2,1-4H3,(H,59,67)(H,61,65,66)/t36?,39-,41-,43+,50-/m0/s1. The minimum atomic E-state index is -4.70. The third kappa shape index (κ3) is 8.19. The molecule has 70 heavy (non-hydrogen) atoms. The lowest BCUT2D eigenvalue weighted by atomic mass is 9.63. The Balaban J connectivity index is 0.830. The van der Waals surface area contributed by atoms with E-state index < -0.39 is 59.0 Å². The molecule has 14 nitrogen and oxygen atoms in total. The first-order valence-corrected chi connectivity index (χ1v) is 23.9. The van der Waals surface area contributed by atoms with Gasteiger partial charge in [0.05, 0.1) is 23.9 Å². The van der Waals surface area contributed by atoms with Crippen molar-refractivity contribution in [2.24, 2.45) is 10.8 Å². The molecule has 2 spiro atoms. The van der Waals surface area contributed by atoms with Gasteiger partial charge in [0.25, 0.3) is 11.8 Å². The lowest BCUT2D eigenvalue weighted by molar-refractivity contribution is -0.141. The summed E-state index contributed by atoms with van der Waals surface area (Å²) in [5, 5.41) is 11.8. The number of anilines is 3. The Morgan fingerprint density at radius 2 is 1.76 bits per heavy atom. The second-order valence-corrected chi connectivity index (χ2v) is 21.3. The molecule has 4 fully saturated rings. The van der Waals surface area contributed by atoms with Gasteiger partial charge in [-0.2, -0.15) is 13.2 Å². The van der Waals surface area contributed by atoms with Gasteiger partial charge in [-0.25, -0.2) is 4.39 Å². The van der Waals surface area contributed by atoms with Crippen molar-refractivity contribution >= 4 is 58.2 Å². The number of fused-ring (bicyclic) bond motifs is 3. The molecule has 1 aromatic heterocycles. The quantitative estimate of drug-likeness (QED) is 0.104. The molecule has 3 aromatic carbocycles. The number of methoxy groups -OCH3 is 1. The highest BCUT2D eigenvalue weighted by molar-refractivity contribution is 6.30. The molecular formula is C51H53ClF4N8O6. The number of hydrogen-bond donors (Lipinski definition) is 4. The Morgan fingerprint density at radius 1 is 1.00 bits per heavy atom. The number of piperidine rings is 2. The molecule has 7 heterocycles. The Kier molecular flexibility index (Phi) is 11.7. The number of halogens is 5. The first kappa shape index (κ1) is 47.4. The van der Waals surface area contributed by atoms with Crippen LogP contribution in [0.2, 0.25) is 5.02 Å². The lowest BCUT2D eigenvalue weighted by Crippen LogP contribution is -2.61. The summed E-state index contributed by atoms with van der Waals surface area (Å²) < 4.78 is 63.7. The van der Waals surface area contributed by atoms with E-state index in [0.29, 0.717) is 49.2 Å². The molecule has 4 N–H and O–H groups in total. The van der Waals surface area contributed by atoms with Crippen molar-refractivity contribution in [2.75, 3.05) is 55.4 Å². The number of nitrogens with one attached hydrogen (secondary N) is 4. The smallest absolute Gasteiger partial charge is 0.433 e. The Bertz CT molecular complexity index is 2840. The van der Waals surface area contributed by atoms with E-state index >= 15 is 4.39 Å². The van der Waals surface area contributed by atoms with Gasteiger partial charge < -0.3 is 35.4 Å². The normalized spacial score (nSPS) is 24.9. The monoisotopic (exact) mass is 984 g/mol. The second kappa shape index (κ2) is 17.2. The molecule has 0 aliphatic carbocycles. The maximum atomic E-state index is 16.3. The number of rotatable bonds is 8. The number of amides is 5. The molecule has 4 saturated heterocycles. The van der Waals surface area contributed by atoms with Crippen molar-refractivity contribution in [3.05, 3.63) is 111 Å². The summed E-state index contributed by atoms with van der Waals surface area (Å²) in [6.07, 6.45) is -0.992. The van der Waals surface area contributed by atoms with Gasteiger partial charge in [-0.05, 0) is 90.8 Å². The molecule has 6 aliphatic rings. The maximum Gasteiger partial charge on any atom is 0.433 e. The molecule has 368 valence electrons. The third-order valence-corrected chi connectivity index (χ3v) is 15.6. The predicted octanol–water partition coefficient (Wildman–Crippen LogP) is 7.27. The average Bonchev–Trinajstić information content (AvgIpc) is 3.96. The highest BCUT2D eigenvalue weighted by Crippen LogP contribution is 2.57. The second-order valence-electron chi connectivity index (χ2n) is 20.9. The molecule has 19 heteroatoms. The molecule has 10 rings (SSSR count). The molecule has 0 bridgehead atoms. The fourth-order valence-corrected chi connectivity index (χ4v) is 12.0. The van der Waals surface area contributed by atoms with Gasteiger partial charge in [0, 0.05) is 103 Å². The minimum absolute atomic E-state index is 0.0138. The van der Waals surface area contributed by atoms with Crippen LogP contribution in [0.1, 0.15) is 102 Å². The number of imide groups is 1. The van der Waals surface area contributed by atoms with E-state index in [2.05, 4.69) is 31.2 Å². The molecule has 5 atom stereocenters. The number of pyridine rings is 1. The number of ether oxygens (including phenoxy) is 1. The fourth-order valence-electron chi connectivity index (χ4n) is 11.9. The minimum Gasteiger partial charge on any atom is -0.495 e. The van der Waals surface area contributed by atoms with Crippen LogP contribution in [0.3, 0.4) is 0 Å². The number of likely N-dealkylation sites (tertiary alicyclic amines) is 1. The summed E-state index contributed by atoms with van der Waals surface area (Å²) in [7, 11) is 1.43. The van der Waals surface area contributed by atoms with E-state index in [-0.39, 0.29) is 69.2 Å². The predicted molar refractivity (Wildman–Crippen MR) is 252 cm³/mol. The van der Waals surface area contributed by atoms with Crippen LogP contribution in [0.25, 0.3) is 0 Å². The number of carbonyl (C=O) groups excluding carboxylic acids is 5. The summed E-state index contributed by atoms with van der Waals surface area (Å²) >= 11 is 6.37. The van der Waals surface area contributed by atoms with Gasteiger partial charge in [-0.1, -0.05) is 44.5 Å². The van der Waals surface area contributed by atoms with E-state index in [4.69, 9.17) is 16.3 Å². The highest BCUT2D eigenvalue weighted by Gasteiger charge is 2.62. The van der Waals surface area contributed by atoms with Gasteiger partial charge in [0.2, 0.25) is 17.7 Å². The van der Waals surface area contributed by atoms with Crippen molar-refractivity contribution in [3.8, 4) is 5.75 Å². The third-order valence-electron chi connectivity index (χ3n) is 15.3. The van der Waals surface area contributed by atoms with Gasteiger partial charge in [0.1, 0.15) is 23.3 Å². The Labute approximate surface area is 406 Å². The molecule has 5 amide bonds. The van der Waals surface area contributed by atoms with Crippen LogP contribution < -0.4 is 30.9 Å². The number of carbonyl (C=O) groups is 5. The van der Waals surface area contributed by atoms with Crippen LogP contribution in [0.15, 0.2) is 66.9 Å². The number of aromatic nitrogens is 1. The summed E-state index contributed by atoms with van der Waals surface area (Å²) in [6, 6.07) is 13.7. The van der Waals surface area contributed by atoms with Gasteiger partial charge in [-0.3, -0.25) is 34.3 Å². The van der Waals surface area contributed by atoms with Crippen LogP contribution in [0.4, 0.5) is 34.6 Å². The number of alkyl halides is 3. The van der Waals surface area contributed by atoms with Crippen LogP contribution in [-0.4, -0.2) is 102 Å². The SMILES string of the molecule is COc1cc(C(=O)N2CCC3(CC2)CN(c2ccc4c(c2)CN(C2CCC(=O)NC2=O)C4=O)C3)ccc1NC(=O)[C@@H]1N[C@@H](CC(C)(C)C)[C@@]2(CNc3cc(C(F)(F)F)ncc32)[C@H]1c1cccc(Cl)c1F. The molecule has 6 aliphatic heterocycles. The van der Waals surface area contributed by atoms with Crippen LogP contribution in [-0.2, 0) is 32.5 Å². The average molecular weight is 985 g/mol. The van der Waals surface area contributed by atoms with E-state index in [1.807, 2.05) is 43.9 Å². The van der Waals surface area contributed by atoms with Crippen molar-refractivity contribution < 1.29 is 46.3 Å². The van der Waals surface area contributed by atoms with Gasteiger partial charge >= 0.3 is 6.18 Å². The van der Waals surface area contributed by atoms with E-state index in [0.717, 1.165) is 43.2 Å². The van der Waals surface area contributed by atoms with Crippen molar-refractivity contribution in [3.63, 3.8) is 0 Å². The van der Waals surface area contributed by atoms with E-state index in [1.165, 1.54) is 19.4 Å². The van der Waals surface area contributed by atoms with Crippen molar-refractivity contribution in [2.45, 2.75) is 95.1 Å².